The molecule has 0 N–H and O–H groups in total. The van der Waals surface area contributed by atoms with E-state index in [-0.39, 0.29) is 0 Å². The van der Waals surface area contributed by atoms with Crippen molar-refractivity contribution in [1.29, 1.82) is 0 Å². The van der Waals surface area contributed by atoms with Crippen molar-refractivity contribution in [3.05, 3.63) is 0 Å². The van der Waals surface area contributed by atoms with E-state index >= 15 is 0 Å². The van der Waals surface area contributed by atoms with Gasteiger partial charge in [0, 0.05) is 18.5 Å². The quantitative estimate of drug-likeness (QED) is 0.581. The molecule has 0 heterocycles. The van der Waals surface area contributed by atoms with E-state index in [0.29, 0.717) is 5.38 Å². The zero-order valence-electron chi connectivity index (χ0n) is 11.2. The van der Waals surface area contributed by atoms with Crippen molar-refractivity contribution < 1.29 is 0 Å². The molecule has 1 atom stereocenters. The fourth-order valence-electron chi connectivity index (χ4n) is 2.68. The minimum absolute atomic E-state index is 0.473. The SMILES string of the molecule is CCCCC(CC)CN(C)CC1CC(Cl)C1. The van der Waals surface area contributed by atoms with Gasteiger partial charge < -0.3 is 4.90 Å². The largest absolute Gasteiger partial charge is 0.306 e. The molecule has 1 rings (SSSR count). The highest BCUT2D eigenvalue weighted by Crippen LogP contribution is 2.32. The van der Waals surface area contributed by atoms with Gasteiger partial charge in [-0.25, -0.2) is 0 Å². The predicted octanol–water partition coefficient (Wildman–Crippen LogP) is 4.15. The van der Waals surface area contributed by atoms with Crippen molar-refractivity contribution >= 4 is 11.6 Å². The van der Waals surface area contributed by atoms with Crippen LogP contribution in [0, 0.1) is 11.8 Å². The monoisotopic (exact) mass is 245 g/mol. The lowest BCUT2D eigenvalue weighted by Crippen LogP contribution is -2.36. The molecule has 1 nitrogen and oxygen atoms in total. The molecular weight excluding hydrogens is 218 g/mol. The van der Waals surface area contributed by atoms with E-state index in [1.54, 1.807) is 0 Å². The molecule has 1 aliphatic rings. The summed E-state index contributed by atoms with van der Waals surface area (Å²) in [6.45, 7) is 7.14. The third-order valence-electron chi connectivity index (χ3n) is 3.86. The van der Waals surface area contributed by atoms with Crippen LogP contribution in [0.2, 0.25) is 0 Å². The van der Waals surface area contributed by atoms with Gasteiger partial charge in [0.1, 0.15) is 0 Å². The molecule has 0 aromatic carbocycles. The van der Waals surface area contributed by atoms with Gasteiger partial charge in [-0.05, 0) is 38.1 Å². The maximum atomic E-state index is 6.01. The molecule has 1 aliphatic carbocycles. The Balaban J connectivity index is 2.12. The molecule has 0 aromatic heterocycles. The summed E-state index contributed by atoms with van der Waals surface area (Å²) < 4.78 is 0. The van der Waals surface area contributed by atoms with Gasteiger partial charge in [0.15, 0.2) is 0 Å². The van der Waals surface area contributed by atoms with E-state index in [2.05, 4.69) is 25.8 Å². The van der Waals surface area contributed by atoms with Gasteiger partial charge in [-0.1, -0.05) is 33.1 Å². The van der Waals surface area contributed by atoms with E-state index in [4.69, 9.17) is 11.6 Å². The maximum Gasteiger partial charge on any atom is 0.0342 e. The zero-order chi connectivity index (χ0) is 12.0. The number of nitrogens with zero attached hydrogens (tertiary/aromatic N) is 1. The lowest BCUT2D eigenvalue weighted by molar-refractivity contribution is 0.182. The van der Waals surface area contributed by atoms with Crippen LogP contribution in [-0.4, -0.2) is 30.4 Å². The number of alkyl halides is 1. The van der Waals surface area contributed by atoms with Gasteiger partial charge in [0.25, 0.3) is 0 Å². The average molecular weight is 246 g/mol. The van der Waals surface area contributed by atoms with Crippen LogP contribution in [-0.2, 0) is 0 Å². The van der Waals surface area contributed by atoms with Crippen LogP contribution < -0.4 is 0 Å². The van der Waals surface area contributed by atoms with Gasteiger partial charge >= 0.3 is 0 Å². The molecule has 0 spiro atoms. The fourth-order valence-corrected chi connectivity index (χ4v) is 3.18. The molecule has 0 saturated heterocycles. The minimum Gasteiger partial charge on any atom is -0.306 e. The number of halogens is 1. The van der Waals surface area contributed by atoms with Gasteiger partial charge in [0.2, 0.25) is 0 Å². The van der Waals surface area contributed by atoms with Crippen LogP contribution >= 0.6 is 11.6 Å². The van der Waals surface area contributed by atoms with Gasteiger partial charge in [0.05, 0.1) is 0 Å². The Labute approximate surface area is 107 Å². The first kappa shape index (κ1) is 14.3. The highest BCUT2D eigenvalue weighted by Gasteiger charge is 2.28. The molecule has 0 amide bonds. The number of hydrogen-bond acceptors (Lipinski definition) is 1. The highest BCUT2D eigenvalue weighted by molar-refractivity contribution is 6.21. The number of rotatable bonds is 8. The van der Waals surface area contributed by atoms with Gasteiger partial charge in [-0.2, -0.15) is 0 Å². The molecule has 0 radical (unpaired) electrons. The normalized spacial score (nSPS) is 26.8. The zero-order valence-corrected chi connectivity index (χ0v) is 12.0. The Morgan fingerprint density at radius 2 is 2.00 bits per heavy atom. The standard InChI is InChI=1S/C14H28ClN/c1-4-6-7-12(5-2)10-16(3)11-13-8-14(15)9-13/h12-14H,4-11H2,1-3H3. The average Bonchev–Trinajstić information content (AvgIpc) is 2.22. The molecule has 0 aromatic rings. The summed E-state index contributed by atoms with van der Waals surface area (Å²) in [5.41, 5.74) is 0. The summed E-state index contributed by atoms with van der Waals surface area (Å²) in [4.78, 5) is 2.53. The van der Waals surface area contributed by atoms with E-state index in [9.17, 15) is 0 Å². The Hall–Kier alpha value is 0.250. The fraction of sp³-hybridized carbons (Fsp3) is 1.00. The first-order valence-corrected chi connectivity index (χ1v) is 7.41. The molecular formula is C14H28ClN. The lowest BCUT2D eigenvalue weighted by Gasteiger charge is -2.35. The first-order valence-electron chi connectivity index (χ1n) is 6.98. The summed E-state index contributed by atoms with van der Waals surface area (Å²) in [7, 11) is 2.27. The van der Waals surface area contributed by atoms with Gasteiger partial charge in [-0.3, -0.25) is 0 Å². The first-order chi connectivity index (χ1) is 7.65. The topological polar surface area (TPSA) is 3.24 Å². The molecule has 0 bridgehead atoms. The molecule has 1 unspecified atom stereocenters. The van der Waals surface area contributed by atoms with Crippen LogP contribution in [0.25, 0.3) is 0 Å². The number of unbranched alkanes of at least 4 members (excludes halogenated alkanes) is 1. The Bertz CT molecular complexity index is 178. The van der Waals surface area contributed by atoms with Gasteiger partial charge in [-0.15, -0.1) is 11.6 Å². The van der Waals surface area contributed by atoms with E-state index in [1.807, 2.05) is 0 Å². The summed E-state index contributed by atoms with van der Waals surface area (Å²) >= 11 is 6.01. The Morgan fingerprint density at radius 3 is 2.50 bits per heavy atom. The van der Waals surface area contributed by atoms with Crippen molar-refractivity contribution in [1.82, 2.24) is 4.90 Å². The maximum absolute atomic E-state index is 6.01. The highest BCUT2D eigenvalue weighted by atomic mass is 35.5. The van der Waals surface area contributed by atoms with Crippen LogP contribution in [0.1, 0.15) is 52.4 Å². The third kappa shape index (κ3) is 5.05. The van der Waals surface area contributed by atoms with Crippen molar-refractivity contribution in [2.45, 2.75) is 57.7 Å². The van der Waals surface area contributed by atoms with E-state index in [0.717, 1.165) is 11.8 Å². The lowest BCUT2D eigenvalue weighted by atomic mass is 9.84. The minimum atomic E-state index is 0.473. The molecule has 0 aliphatic heterocycles. The number of hydrogen-bond donors (Lipinski definition) is 0. The predicted molar refractivity (Wildman–Crippen MR) is 73.2 cm³/mol. The summed E-state index contributed by atoms with van der Waals surface area (Å²) in [5.74, 6) is 1.77. The smallest absolute Gasteiger partial charge is 0.0342 e. The Morgan fingerprint density at radius 1 is 1.31 bits per heavy atom. The van der Waals surface area contributed by atoms with Crippen molar-refractivity contribution in [2.75, 3.05) is 20.1 Å². The second-order valence-electron chi connectivity index (χ2n) is 5.57. The molecule has 2 heteroatoms. The second-order valence-corrected chi connectivity index (χ2v) is 6.19. The van der Waals surface area contributed by atoms with Crippen molar-refractivity contribution in [3.63, 3.8) is 0 Å². The summed E-state index contributed by atoms with van der Waals surface area (Å²) in [6.07, 6.45) is 7.92. The molecule has 96 valence electrons. The van der Waals surface area contributed by atoms with E-state index in [1.165, 1.54) is 51.6 Å². The molecule has 16 heavy (non-hydrogen) atoms. The third-order valence-corrected chi connectivity index (χ3v) is 4.22. The van der Waals surface area contributed by atoms with Crippen molar-refractivity contribution in [3.8, 4) is 0 Å². The van der Waals surface area contributed by atoms with Crippen LogP contribution in [0.15, 0.2) is 0 Å². The van der Waals surface area contributed by atoms with Crippen LogP contribution in [0.3, 0.4) is 0 Å². The van der Waals surface area contributed by atoms with Crippen LogP contribution in [0.5, 0.6) is 0 Å². The summed E-state index contributed by atoms with van der Waals surface area (Å²) in [6, 6.07) is 0. The molecule has 1 saturated carbocycles. The second kappa shape index (κ2) is 7.55. The summed E-state index contributed by atoms with van der Waals surface area (Å²) in [5, 5.41) is 0.473. The van der Waals surface area contributed by atoms with Crippen molar-refractivity contribution in [2.24, 2.45) is 11.8 Å². The molecule has 1 fully saturated rings. The van der Waals surface area contributed by atoms with Crippen LogP contribution in [0.4, 0.5) is 0 Å². The van der Waals surface area contributed by atoms with E-state index < -0.39 is 0 Å². The Kier molecular flexibility index (Phi) is 6.75.